The largest absolute Gasteiger partial charge is 0.497 e. The number of carbonyl (C=O) groups is 2. The number of nitrogens with zero attached hydrogens (tertiary/aromatic N) is 2. The SMILES string of the molecule is COc1ccc(N=C2C(=O)N(C(=O)C(c3ccccc3)c3ccccc3)c3ccccc32)cc1. The summed E-state index contributed by atoms with van der Waals surface area (Å²) in [6, 6.07) is 33.5. The number of ether oxygens (including phenoxy) is 1. The highest BCUT2D eigenvalue weighted by molar-refractivity contribution is 6.58. The molecule has 0 N–H and O–H groups in total. The van der Waals surface area contributed by atoms with Crippen molar-refractivity contribution in [1.29, 1.82) is 0 Å². The van der Waals surface area contributed by atoms with E-state index < -0.39 is 11.8 Å². The average molecular weight is 447 g/mol. The summed E-state index contributed by atoms with van der Waals surface area (Å²) in [5, 5.41) is 0. The first-order valence-corrected chi connectivity index (χ1v) is 11.0. The van der Waals surface area contributed by atoms with Crippen molar-refractivity contribution in [2.75, 3.05) is 12.0 Å². The van der Waals surface area contributed by atoms with Gasteiger partial charge >= 0.3 is 0 Å². The molecular weight excluding hydrogens is 424 g/mol. The lowest BCUT2D eigenvalue weighted by atomic mass is 9.90. The highest BCUT2D eigenvalue weighted by Gasteiger charge is 2.41. The van der Waals surface area contributed by atoms with Gasteiger partial charge in [-0.1, -0.05) is 78.9 Å². The second kappa shape index (κ2) is 9.16. The zero-order valence-corrected chi connectivity index (χ0v) is 18.6. The van der Waals surface area contributed by atoms with Gasteiger partial charge in [0.15, 0.2) is 0 Å². The Balaban J connectivity index is 1.59. The van der Waals surface area contributed by atoms with Crippen LogP contribution in [0.25, 0.3) is 0 Å². The van der Waals surface area contributed by atoms with E-state index in [2.05, 4.69) is 4.99 Å². The molecule has 4 aromatic rings. The first kappa shape index (κ1) is 21.3. The van der Waals surface area contributed by atoms with Gasteiger partial charge in [0, 0.05) is 5.56 Å². The van der Waals surface area contributed by atoms with Gasteiger partial charge in [0.25, 0.3) is 5.91 Å². The van der Waals surface area contributed by atoms with Crippen LogP contribution in [0.3, 0.4) is 0 Å². The summed E-state index contributed by atoms with van der Waals surface area (Å²) < 4.78 is 5.21. The molecular formula is C29H22N2O3. The van der Waals surface area contributed by atoms with E-state index in [0.717, 1.165) is 11.1 Å². The monoisotopic (exact) mass is 446 g/mol. The lowest BCUT2D eigenvalue weighted by Gasteiger charge is -2.23. The lowest BCUT2D eigenvalue weighted by molar-refractivity contribution is -0.123. The maximum absolute atomic E-state index is 14.0. The van der Waals surface area contributed by atoms with Crippen LogP contribution in [0.1, 0.15) is 22.6 Å². The number of rotatable bonds is 5. The van der Waals surface area contributed by atoms with Crippen molar-refractivity contribution in [3.63, 3.8) is 0 Å². The minimum absolute atomic E-state index is 0.244. The van der Waals surface area contributed by atoms with Crippen molar-refractivity contribution < 1.29 is 14.3 Å². The Bertz CT molecular complexity index is 1320. The van der Waals surface area contributed by atoms with Crippen LogP contribution in [0, 0.1) is 0 Å². The lowest BCUT2D eigenvalue weighted by Crippen LogP contribution is -2.39. The van der Waals surface area contributed by atoms with Crippen LogP contribution < -0.4 is 9.64 Å². The minimum atomic E-state index is -0.625. The van der Waals surface area contributed by atoms with Crippen LogP contribution in [-0.2, 0) is 9.59 Å². The summed E-state index contributed by atoms with van der Waals surface area (Å²) in [6.45, 7) is 0. The molecule has 0 bridgehead atoms. The number of methoxy groups -OCH3 is 1. The van der Waals surface area contributed by atoms with E-state index in [0.29, 0.717) is 22.7 Å². The first-order valence-electron chi connectivity index (χ1n) is 11.0. The summed E-state index contributed by atoms with van der Waals surface area (Å²) in [6.07, 6.45) is 0. The van der Waals surface area contributed by atoms with Crippen LogP contribution in [0.4, 0.5) is 11.4 Å². The van der Waals surface area contributed by atoms with Crippen LogP contribution in [-0.4, -0.2) is 24.6 Å². The number of carbonyl (C=O) groups excluding carboxylic acids is 2. The van der Waals surface area contributed by atoms with E-state index in [-0.39, 0.29) is 11.6 Å². The van der Waals surface area contributed by atoms with Crippen molar-refractivity contribution >= 4 is 28.9 Å². The predicted octanol–water partition coefficient (Wildman–Crippen LogP) is 5.52. The molecule has 0 radical (unpaired) electrons. The Morgan fingerprint density at radius 3 is 1.91 bits per heavy atom. The smallest absolute Gasteiger partial charge is 0.284 e. The second-order valence-corrected chi connectivity index (χ2v) is 7.91. The molecule has 0 fully saturated rings. The average Bonchev–Trinajstić information content (AvgIpc) is 3.17. The third kappa shape index (κ3) is 3.88. The van der Waals surface area contributed by atoms with Gasteiger partial charge in [0.2, 0.25) is 5.91 Å². The molecule has 0 aliphatic carbocycles. The molecule has 0 saturated carbocycles. The molecule has 0 aromatic heterocycles. The van der Waals surface area contributed by atoms with Crippen molar-refractivity contribution in [1.82, 2.24) is 0 Å². The molecule has 1 aliphatic rings. The number of benzene rings is 4. The maximum Gasteiger partial charge on any atom is 0.284 e. The second-order valence-electron chi connectivity index (χ2n) is 7.91. The predicted molar refractivity (Wildman–Crippen MR) is 133 cm³/mol. The summed E-state index contributed by atoms with van der Waals surface area (Å²) >= 11 is 0. The molecule has 5 heteroatoms. The topological polar surface area (TPSA) is 59.0 Å². The molecule has 1 aliphatic heterocycles. The Morgan fingerprint density at radius 2 is 1.32 bits per heavy atom. The zero-order chi connectivity index (χ0) is 23.5. The van der Waals surface area contributed by atoms with Crippen LogP contribution in [0.2, 0.25) is 0 Å². The van der Waals surface area contributed by atoms with E-state index in [1.165, 1.54) is 4.90 Å². The molecule has 166 valence electrons. The molecule has 5 nitrogen and oxygen atoms in total. The quantitative estimate of drug-likeness (QED) is 0.406. The standard InChI is InChI=1S/C29H22N2O3/c1-34-23-18-16-22(17-19-23)30-27-24-14-8-9-15-25(24)31(29(27)33)28(32)26(20-10-4-2-5-11-20)21-12-6-3-7-13-21/h2-19,26H,1H3. The van der Waals surface area contributed by atoms with E-state index in [1.807, 2.05) is 78.9 Å². The van der Waals surface area contributed by atoms with E-state index in [1.54, 1.807) is 37.4 Å². The van der Waals surface area contributed by atoms with Gasteiger partial charge in [-0.2, -0.15) is 0 Å². The number of aliphatic imine (C=N–C) groups is 1. The Kier molecular flexibility index (Phi) is 5.75. The molecule has 34 heavy (non-hydrogen) atoms. The summed E-state index contributed by atoms with van der Waals surface area (Å²) in [5.41, 5.74) is 3.68. The van der Waals surface area contributed by atoms with Crippen molar-refractivity contribution in [3.05, 3.63) is 126 Å². The molecule has 0 unspecified atom stereocenters. The van der Waals surface area contributed by atoms with Gasteiger partial charge in [0.1, 0.15) is 11.5 Å². The number of fused-ring (bicyclic) bond motifs is 1. The van der Waals surface area contributed by atoms with Crippen LogP contribution >= 0.6 is 0 Å². The number of hydrogen-bond donors (Lipinski definition) is 0. The van der Waals surface area contributed by atoms with Gasteiger partial charge in [-0.3, -0.25) is 9.59 Å². The Morgan fingerprint density at radius 1 is 0.765 bits per heavy atom. The zero-order valence-electron chi connectivity index (χ0n) is 18.6. The fourth-order valence-electron chi connectivity index (χ4n) is 4.21. The first-order chi connectivity index (χ1) is 16.7. The number of anilines is 1. The maximum atomic E-state index is 14.0. The highest BCUT2D eigenvalue weighted by atomic mass is 16.5. The third-order valence-corrected chi connectivity index (χ3v) is 5.85. The fraction of sp³-hybridized carbons (Fsp3) is 0.0690. The van der Waals surface area contributed by atoms with E-state index in [4.69, 9.17) is 4.74 Å². The van der Waals surface area contributed by atoms with Crippen LogP contribution in [0.15, 0.2) is 114 Å². The van der Waals surface area contributed by atoms with E-state index in [9.17, 15) is 9.59 Å². The Labute approximate surface area is 198 Å². The van der Waals surface area contributed by atoms with E-state index >= 15 is 0 Å². The van der Waals surface area contributed by atoms with Gasteiger partial charge in [-0.25, -0.2) is 9.89 Å². The molecule has 1 heterocycles. The third-order valence-electron chi connectivity index (χ3n) is 5.85. The highest BCUT2D eigenvalue weighted by Crippen LogP contribution is 2.36. The van der Waals surface area contributed by atoms with Gasteiger partial charge in [-0.05, 0) is 41.5 Å². The molecule has 5 rings (SSSR count). The van der Waals surface area contributed by atoms with Crippen molar-refractivity contribution in [2.24, 2.45) is 4.99 Å². The molecule has 0 atom stereocenters. The van der Waals surface area contributed by atoms with Gasteiger partial charge < -0.3 is 4.74 Å². The van der Waals surface area contributed by atoms with Gasteiger partial charge in [-0.15, -0.1) is 0 Å². The van der Waals surface area contributed by atoms with Crippen molar-refractivity contribution in [3.8, 4) is 5.75 Å². The molecule has 4 aromatic carbocycles. The number of imide groups is 1. The number of hydrogen-bond acceptors (Lipinski definition) is 4. The van der Waals surface area contributed by atoms with Crippen molar-refractivity contribution in [2.45, 2.75) is 5.92 Å². The minimum Gasteiger partial charge on any atom is -0.497 e. The molecule has 0 saturated heterocycles. The molecule has 2 amide bonds. The fourth-order valence-corrected chi connectivity index (χ4v) is 4.21. The number of para-hydroxylation sites is 1. The normalized spacial score (nSPS) is 13.9. The van der Waals surface area contributed by atoms with Crippen LogP contribution in [0.5, 0.6) is 5.75 Å². The summed E-state index contributed by atoms with van der Waals surface area (Å²) in [7, 11) is 1.59. The number of amides is 2. The van der Waals surface area contributed by atoms with Gasteiger partial charge in [0.05, 0.1) is 24.4 Å². The summed E-state index contributed by atoms with van der Waals surface area (Å²) in [5.74, 6) is -0.666. The summed E-state index contributed by atoms with van der Waals surface area (Å²) in [4.78, 5) is 33.6. The molecule has 0 spiro atoms. The Hall–Kier alpha value is -4.51.